The minimum absolute atomic E-state index is 0. The van der Waals surface area contributed by atoms with Gasteiger partial charge in [0.25, 0.3) is 0 Å². The van der Waals surface area contributed by atoms with Gasteiger partial charge >= 0.3 is 0 Å². The van der Waals surface area contributed by atoms with Crippen molar-refractivity contribution in [1.29, 1.82) is 0 Å². The van der Waals surface area contributed by atoms with Crippen LogP contribution in [0, 0.1) is 5.92 Å². The number of amides is 1. The molecular formula is C16H26BrClN2O2. The van der Waals surface area contributed by atoms with Crippen molar-refractivity contribution in [3.63, 3.8) is 0 Å². The Kier molecular flexibility index (Phi) is 11.5. The molecule has 0 aliphatic carbocycles. The second kappa shape index (κ2) is 11.9. The van der Waals surface area contributed by atoms with E-state index in [9.17, 15) is 4.79 Å². The van der Waals surface area contributed by atoms with Gasteiger partial charge in [0.1, 0.15) is 0 Å². The number of carbonyl (C=O) groups excluding carboxylic acids is 1. The van der Waals surface area contributed by atoms with E-state index in [4.69, 9.17) is 10.5 Å². The van der Waals surface area contributed by atoms with Crippen LogP contribution in [0.3, 0.4) is 0 Å². The van der Waals surface area contributed by atoms with Crippen LogP contribution in [0.25, 0.3) is 0 Å². The molecule has 3 N–H and O–H groups in total. The second-order valence-electron chi connectivity index (χ2n) is 5.21. The van der Waals surface area contributed by atoms with Gasteiger partial charge in [0.05, 0.1) is 12.5 Å². The number of nitrogens with two attached hydrogens (primary N) is 1. The number of nitrogens with one attached hydrogen (secondary N) is 1. The van der Waals surface area contributed by atoms with E-state index in [1.54, 1.807) is 7.11 Å². The van der Waals surface area contributed by atoms with Gasteiger partial charge in [-0.25, -0.2) is 0 Å². The highest BCUT2D eigenvalue weighted by Crippen LogP contribution is 2.16. The molecule has 2 atom stereocenters. The molecule has 0 bridgehead atoms. The zero-order valence-corrected chi connectivity index (χ0v) is 15.6. The lowest BCUT2D eigenvalue weighted by molar-refractivity contribution is -0.123. The molecule has 0 spiro atoms. The third kappa shape index (κ3) is 8.13. The molecule has 0 radical (unpaired) electrons. The molecule has 4 nitrogen and oxygen atoms in total. The number of halogens is 2. The van der Waals surface area contributed by atoms with Gasteiger partial charge in [-0.15, -0.1) is 12.4 Å². The largest absolute Gasteiger partial charge is 0.380 e. The number of methoxy groups -OCH3 is 1. The van der Waals surface area contributed by atoms with Crippen molar-refractivity contribution in [2.24, 2.45) is 11.7 Å². The maximum Gasteiger partial charge on any atom is 0.222 e. The van der Waals surface area contributed by atoms with E-state index < -0.39 is 0 Å². The predicted octanol–water partition coefficient (Wildman–Crippen LogP) is 2.92. The van der Waals surface area contributed by atoms with E-state index in [2.05, 4.69) is 40.3 Å². The SMILES string of the molecule is CCC(CNC(=O)CC(CN)OC)Cc1cccc(Br)c1.Cl. The highest BCUT2D eigenvalue weighted by molar-refractivity contribution is 9.10. The quantitative estimate of drug-likeness (QED) is 0.678. The fraction of sp³-hybridized carbons (Fsp3) is 0.562. The summed E-state index contributed by atoms with van der Waals surface area (Å²) in [7, 11) is 1.58. The minimum atomic E-state index is -0.199. The lowest BCUT2D eigenvalue weighted by Gasteiger charge is -2.17. The van der Waals surface area contributed by atoms with E-state index in [0.717, 1.165) is 17.3 Å². The average Bonchev–Trinajstić information content (AvgIpc) is 2.49. The average molecular weight is 394 g/mol. The third-order valence-electron chi connectivity index (χ3n) is 3.59. The van der Waals surface area contributed by atoms with Crippen LogP contribution in [0.1, 0.15) is 25.3 Å². The van der Waals surface area contributed by atoms with Crippen LogP contribution in [0.15, 0.2) is 28.7 Å². The van der Waals surface area contributed by atoms with Gasteiger partial charge in [-0.1, -0.05) is 41.4 Å². The normalized spacial score (nSPS) is 13.1. The summed E-state index contributed by atoms with van der Waals surface area (Å²) in [5.41, 5.74) is 6.80. The molecule has 0 fully saturated rings. The summed E-state index contributed by atoms with van der Waals surface area (Å²) < 4.78 is 6.21. The Balaban J connectivity index is 0.00000441. The van der Waals surface area contributed by atoms with Crippen LogP contribution in [-0.4, -0.2) is 32.2 Å². The van der Waals surface area contributed by atoms with Crippen molar-refractivity contribution >= 4 is 34.2 Å². The molecule has 1 amide bonds. The van der Waals surface area contributed by atoms with Crippen molar-refractivity contribution < 1.29 is 9.53 Å². The molecule has 126 valence electrons. The summed E-state index contributed by atoms with van der Waals surface area (Å²) in [6, 6.07) is 8.30. The second-order valence-corrected chi connectivity index (χ2v) is 6.13. The van der Waals surface area contributed by atoms with E-state index >= 15 is 0 Å². The molecule has 1 aromatic rings. The van der Waals surface area contributed by atoms with Gasteiger partial charge in [0.2, 0.25) is 5.91 Å². The van der Waals surface area contributed by atoms with Crippen molar-refractivity contribution in [2.45, 2.75) is 32.3 Å². The number of rotatable bonds is 9. The predicted molar refractivity (Wildman–Crippen MR) is 96.4 cm³/mol. The zero-order valence-electron chi connectivity index (χ0n) is 13.2. The summed E-state index contributed by atoms with van der Waals surface area (Å²) in [5, 5.41) is 2.98. The van der Waals surface area contributed by atoms with Gasteiger partial charge in [-0.05, 0) is 30.0 Å². The zero-order chi connectivity index (χ0) is 15.7. The van der Waals surface area contributed by atoms with Gasteiger partial charge in [0, 0.05) is 24.7 Å². The molecule has 2 unspecified atom stereocenters. The molecule has 0 aliphatic rings. The first-order valence-electron chi connectivity index (χ1n) is 7.33. The highest BCUT2D eigenvalue weighted by Gasteiger charge is 2.13. The first-order valence-corrected chi connectivity index (χ1v) is 8.12. The monoisotopic (exact) mass is 392 g/mol. The van der Waals surface area contributed by atoms with E-state index in [0.29, 0.717) is 25.4 Å². The van der Waals surface area contributed by atoms with Gasteiger partial charge in [-0.2, -0.15) is 0 Å². The van der Waals surface area contributed by atoms with Crippen LogP contribution >= 0.6 is 28.3 Å². The molecule has 0 aromatic heterocycles. The number of carbonyl (C=O) groups is 1. The van der Waals surface area contributed by atoms with Crippen LogP contribution in [0.4, 0.5) is 0 Å². The smallest absolute Gasteiger partial charge is 0.222 e. The van der Waals surface area contributed by atoms with Gasteiger partial charge in [0.15, 0.2) is 0 Å². The maximum atomic E-state index is 11.8. The minimum Gasteiger partial charge on any atom is -0.380 e. The maximum absolute atomic E-state index is 11.8. The Morgan fingerprint density at radius 2 is 2.18 bits per heavy atom. The van der Waals surface area contributed by atoms with Crippen LogP contribution in [0.5, 0.6) is 0 Å². The van der Waals surface area contributed by atoms with E-state index in [1.807, 2.05) is 12.1 Å². The van der Waals surface area contributed by atoms with Gasteiger partial charge < -0.3 is 15.8 Å². The molecular weight excluding hydrogens is 368 g/mol. The number of hydrogen-bond donors (Lipinski definition) is 2. The van der Waals surface area contributed by atoms with Crippen molar-refractivity contribution in [2.75, 3.05) is 20.2 Å². The van der Waals surface area contributed by atoms with Crippen LogP contribution in [0.2, 0.25) is 0 Å². The Morgan fingerprint density at radius 1 is 1.45 bits per heavy atom. The third-order valence-corrected chi connectivity index (χ3v) is 4.08. The molecule has 1 aromatic carbocycles. The molecule has 0 saturated carbocycles. The number of hydrogen-bond acceptors (Lipinski definition) is 3. The summed E-state index contributed by atoms with van der Waals surface area (Å²) in [4.78, 5) is 11.8. The summed E-state index contributed by atoms with van der Waals surface area (Å²) in [5.74, 6) is 0.433. The first-order chi connectivity index (χ1) is 10.1. The van der Waals surface area contributed by atoms with Crippen molar-refractivity contribution in [3.05, 3.63) is 34.3 Å². The summed E-state index contributed by atoms with van der Waals surface area (Å²) in [6.07, 6.45) is 2.11. The van der Waals surface area contributed by atoms with Crippen LogP contribution < -0.4 is 11.1 Å². The Labute approximate surface area is 147 Å². The fourth-order valence-electron chi connectivity index (χ4n) is 2.16. The summed E-state index contributed by atoms with van der Waals surface area (Å²) in [6.45, 7) is 3.19. The molecule has 0 heterocycles. The van der Waals surface area contributed by atoms with E-state index in [-0.39, 0.29) is 24.4 Å². The molecule has 22 heavy (non-hydrogen) atoms. The summed E-state index contributed by atoms with van der Waals surface area (Å²) >= 11 is 3.48. The highest BCUT2D eigenvalue weighted by atomic mass is 79.9. The number of ether oxygens (including phenoxy) is 1. The Morgan fingerprint density at radius 3 is 2.73 bits per heavy atom. The lowest BCUT2D eigenvalue weighted by atomic mass is 9.97. The molecule has 6 heteroatoms. The fourth-order valence-corrected chi connectivity index (χ4v) is 2.60. The first kappa shape index (κ1) is 21.4. The number of benzene rings is 1. The standard InChI is InChI=1S/C16H25BrN2O2.ClH/c1-3-12(7-13-5-4-6-14(17)8-13)11-19-16(20)9-15(10-18)21-2;/h4-6,8,12,15H,3,7,9-11,18H2,1-2H3,(H,19,20);1H. The van der Waals surface area contributed by atoms with E-state index in [1.165, 1.54) is 5.56 Å². The van der Waals surface area contributed by atoms with Gasteiger partial charge in [-0.3, -0.25) is 4.79 Å². The van der Waals surface area contributed by atoms with Crippen molar-refractivity contribution in [3.8, 4) is 0 Å². The topological polar surface area (TPSA) is 64.4 Å². The Hall–Kier alpha value is -0.620. The lowest BCUT2D eigenvalue weighted by Crippen LogP contribution is -2.35. The molecule has 0 aliphatic heterocycles. The molecule has 0 saturated heterocycles. The Bertz CT molecular complexity index is 442. The van der Waals surface area contributed by atoms with Crippen LogP contribution in [-0.2, 0) is 16.0 Å². The molecule has 1 rings (SSSR count). The van der Waals surface area contributed by atoms with Crippen molar-refractivity contribution in [1.82, 2.24) is 5.32 Å².